The third-order valence-electron chi connectivity index (χ3n) is 3.54. The van der Waals surface area contributed by atoms with Crippen molar-refractivity contribution in [2.45, 2.75) is 25.5 Å². The van der Waals surface area contributed by atoms with Gasteiger partial charge < -0.3 is 5.11 Å². The van der Waals surface area contributed by atoms with E-state index in [1.807, 2.05) is 41.2 Å². The first-order valence-electron chi connectivity index (χ1n) is 6.80. The molecule has 0 bridgehead atoms. The van der Waals surface area contributed by atoms with Crippen molar-refractivity contribution in [3.05, 3.63) is 48.3 Å². The monoisotopic (exact) mass is 257 g/mol. The molecule has 3 rings (SSSR count). The highest BCUT2D eigenvalue weighted by Crippen LogP contribution is 2.14. The summed E-state index contributed by atoms with van der Waals surface area (Å²) in [6, 6.07) is 10.1. The molecule has 1 aliphatic heterocycles. The summed E-state index contributed by atoms with van der Waals surface area (Å²) in [5.41, 5.74) is 2.27. The van der Waals surface area contributed by atoms with Gasteiger partial charge in [0.1, 0.15) is 0 Å². The van der Waals surface area contributed by atoms with Gasteiger partial charge in [0, 0.05) is 24.8 Å². The molecule has 2 aromatic rings. The lowest BCUT2D eigenvalue weighted by atomic mass is 10.1. The van der Waals surface area contributed by atoms with Gasteiger partial charge in [-0.05, 0) is 31.5 Å². The predicted octanol–water partition coefficient (Wildman–Crippen LogP) is 1.83. The van der Waals surface area contributed by atoms with Gasteiger partial charge in [-0.3, -0.25) is 4.90 Å². The van der Waals surface area contributed by atoms with E-state index in [2.05, 4.69) is 16.2 Å². The van der Waals surface area contributed by atoms with E-state index in [1.165, 1.54) is 5.56 Å². The second-order valence-corrected chi connectivity index (χ2v) is 5.16. The van der Waals surface area contributed by atoms with E-state index in [1.54, 1.807) is 0 Å². The van der Waals surface area contributed by atoms with Crippen LogP contribution in [0.4, 0.5) is 0 Å². The molecule has 100 valence electrons. The zero-order valence-corrected chi connectivity index (χ0v) is 10.9. The number of hydrogen-bond acceptors (Lipinski definition) is 3. The first kappa shape index (κ1) is 12.4. The number of aromatic nitrogens is 2. The van der Waals surface area contributed by atoms with Crippen molar-refractivity contribution in [2.75, 3.05) is 13.1 Å². The number of aliphatic hydroxyl groups is 1. The van der Waals surface area contributed by atoms with Crippen LogP contribution in [0.2, 0.25) is 0 Å². The highest BCUT2D eigenvalue weighted by atomic mass is 16.3. The Kier molecular flexibility index (Phi) is 3.62. The van der Waals surface area contributed by atoms with Crippen LogP contribution in [0.15, 0.2) is 42.7 Å². The Labute approximate surface area is 113 Å². The molecule has 1 unspecified atom stereocenters. The number of aliphatic hydroxyl groups excluding tert-OH is 1. The maximum absolute atomic E-state index is 9.68. The molecule has 1 N–H and O–H groups in total. The lowest BCUT2D eigenvalue weighted by molar-refractivity contribution is 0.0668. The average Bonchev–Trinajstić information content (AvgIpc) is 2.88. The Morgan fingerprint density at radius 2 is 2.11 bits per heavy atom. The van der Waals surface area contributed by atoms with Crippen molar-refractivity contribution in [1.82, 2.24) is 14.7 Å². The number of likely N-dealkylation sites (tertiary alicyclic amines) is 1. The van der Waals surface area contributed by atoms with Crippen LogP contribution in [-0.2, 0) is 6.54 Å². The molecule has 0 saturated carbocycles. The van der Waals surface area contributed by atoms with E-state index in [-0.39, 0.29) is 6.10 Å². The van der Waals surface area contributed by atoms with Gasteiger partial charge >= 0.3 is 0 Å². The number of β-amino-alcohol motifs (C(OH)–C–C–N with tert-alkyl or cyclic N) is 1. The molecule has 4 nitrogen and oxygen atoms in total. The predicted molar refractivity (Wildman–Crippen MR) is 74.1 cm³/mol. The minimum Gasteiger partial charge on any atom is -0.392 e. The van der Waals surface area contributed by atoms with Crippen LogP contribution in [0.3, 0.4) is 0 Å². The molecular formula is C15H19N3O. The van der Waals surface area contributed by atoms with Crippen LogP contribution in [0.25, 0.3) is 5.69 Å². The summed E-state index contributed by atoms with van der Waals surface area (Å²) < 4.78 is 1.90. The number of hydrogen-bond donors (Lipinski definition) is 1. The van der Waals surface area contributed by atoms with Gasteiger partial charge in [0.05, 0.1) is 18.0 Å². The molecule has 19 heavy (non-hydrogen) atoms. The summed E-state index contributed by atoms with van der Waals surface area (Å²) in [5, 5.41) is 14.1. The smallest absolute Gasteiger partial charge is 0.0667 e. The zero-order valence-electron chi connectivity index (χ0n) is 10.9. The number of piperidine rings is 1. The second kappa shape index (κ2) is 5.55. The van der Waals surface area contributed by atoms with Crippen molar-refractivity contribution in [3.63, 3.8) is 0 Å². The Morgan fingerprint density at radius 1 is 1.26 bits per heavy atom. The van der Waals surface area contributed by atoms with Crippen molar-refractivity contribution in [3.8, 4) is 5.69 Å². The Balaban J connectivity index is 1.68. The minimum absolute atomic E-state index is 0.169. The average molecular weight is 257 g/mol. The van der Waals surface area contributed by atoms with Crippen molar-refractivity contribution in [1.29, 1.82) is 0 Å². The van der Waals surface area contributed by atoms with E-state index in [0.717, 1.165) is 38.2 Å². The van der Waals surface area contributed by atoms with Gasteiger partial charge in [0.25, 0.3) is 0 Å². The van der Waals surface area contributed by atoms with Crippen LogP contribution in [0.1, 0.15) is 18.4 Å². The fourth-order valence-electron chi connectivity index (χ4n) is 2.60. The molecule has 2 heterocycles. The largest absolute Gasteiger partial charge is 0.392 e. The number of nitrogens with zero attached hydrogens (tertiary/aromatic N) is 3. The Bertz CT molecular complexity index is 523. The fraction of sp³-hybridized carbons (Fsp3) is 0.400. The molecule has 0 aliphatic carbocycles. The third-order valence-corrected chi connectivity index (χ3v) is 3.54. The summed E-state index contributed by atoms with van der Waals surface area (Å²) >= 11 is 0. The zero-order chi connectivity index (χ0) is 13.1. The van der Waals surface area contributed by atoms with Gasteiger partial charge in [-0.15, -0.1) is 0 Å². The molecule has 4 heteroatoms. The van der Waals surface area contributed by atoms with Gasteiger partial charge in [0.2, 0.25) is 0 Å². The summed E-state index contributed by atoms with van der Waals surface area (Å²) in [4.78, 5) is 2.29. The van der Waals surface area contributed by atoms with Crippen LogP contribution in [0.5, 0.6) is 0 Å². The van der Waals surface area contributed by atoms with Gasteiger partial charge in [-0.25, -0.2) is 4.68 Å². The summed E-state index contributed by atoms with van der Waals surface area (Å²) in [7, 11) is 0. The molecule has 0 spiro atoms. The molecule has 1 saturated heterocycles. The van der Waals surface area contributed by atoms with E-state index in [4.69, 9.17) is 0 Å². The number of para-hydroxylation sites is 1. The van der Waals surface area contributed by atoms with Gasteiger partial charge in [-0.1, -0.05) is 18.2 Å². The van der Waals surface area contributed by atoms with Gasteiger partial charge in [0.15, 0.2) is 0 Å². The Hall–Kier alpha value is -1.65. The van der Waals surface area contributed by atoms with E-state index in [0.29, 0.717) is 0 Å². The van der Waals surface area contributed by atoms with E-state index < -0.39 is 0 Å². The normalized spacial score (nSPS) is 20.6. The first-order valence-corrected chi connectivity index (χ1v) is 6.80. The summed E-state index contributed by atoms with van der Waals surface area (Å²) in [6.45, 7) is 2.70. The third kappa shape index (κ3) is 3.03. The molecule has 1 aromatic heterocycles. The lowest BCUT2D eigenvalue weighted by Crippen LogP contribution is -2.37. The van der Waals surface area contributed by atoms with Crippen LogP contribution in [-0.4, -0.2) is 39.0 Å². The molecule has 0 radical (unpaired) electrons. The highest BCUT2D eigenvalue weighted by Gasteiger charge is 2.18. The molecule has 0 amide bonds. The lowest BCUT2D eigenvalue weighted by Gasteiger charge is -2.29. The van der Waals surface area contributed by atoms with Crippen molar-refractivity contribution in [2.24, 2.45) is 0 Å². The number of rotatable bonds is 3. The maximum Gasteiger partial charge on any atom is 0.0667 e. The second-order valence-electron chi connectivity index (χ2n) is 5.16. The van der Waals surface area contributed by atoms with Gasteiger partial charge in [-0.2, -0.15) is 5.10 Å². The molecule has 1 aliphatic rings. The Morgan fingerprint density at radius 3 is 2.89 bits per heavy atom. The maximum atomic E-state index is 9.68. The fourth-order valence-corrected chi connectivity index (χ4v) is 2.60. The standard InChI is InChI=1S/C15H19N3O/c19-15-7-4-8-17(12-15)10-13-9-16-18(11-13)14-5-2-1-3-6-14/h1-3,5-6,9,11,15,19H,4,7-8,10,12H2. The molecule has 1 fully saturated rings. The van der Waals surface area contributed by atoms with Crippen LogP contribution < -0.4 is 0 Å². The topological polar surface area (TPSA) is 41.3 Å². The number of benzene rings is 1. The highest BCUT2D eigenvalue weighted by molar-refractivity contribution is 5.30. The van der Waals surface area contributed by atoms with Crippen LogP contribution >= 0.6 is 0 Å². The SMILES string of the molecule is OC1CCCN(Cc2cnn(-c3ccccc3)c2)C1. The van der Waals surface area contributed by atoms with Crippen LogP contribution in [0, 0.1) is 0 Å². The van der Waals surface area contributed by atoms with Crippen molar-refractivity contribution >= 4 is 0 Å². The minimum atomic E-state index is -0.169. The molecular weight excluding hydrogens is 238 g/mol. The molecule has 1 atom stereocenters. The van der Waals surface area contributed by atoms with E-state index >= 15 is 0 Å². The van der Waals surface area contributed by atoms with Crippen molar-refractivity contribution < 1.29 is 5.11 Å². The van der Waals surface area contributed by atoms with E-state index in [9.17, 15) is 5.11 Å². The first-order chi connectivity index (χ1) is 9.31. The summed E-state index contributed by atoms with van der Waals surface area (Å²) in [6.07, 6.45) is 5.82. The molecule has 1 aromatic carbocycles. The quantitative estimate of drug-likeness (QED) is 0.912. The summed E-state index contributed by atoms with van der Waals surface area (Å²) in [5.74, 6) is 0.